The summed E-state index contributed by atoms with van der Waals surface area (Å²) in [5.41, 5.74) is 0.637. The first-order valence-corrected chi connectivity index (χ1v) is 7.22. The summed E-state index contributed by atoms with van der Waals surface area (Å²) in [6, 6.07) is 4.32. The number of imide groups is 1. The molecule has 1 heterocycles. The van der Waals surface area contributed by atoms with Gasteiger partial charge in [0.1, 0.15) is 0 Å². The number of nitrogens with zero attached hydrogens (tertiary/aromatic N) is 2. The highest BCUT2D eigenvalue weighted by Gasteiger charge is 2.32. The molecule has 8 heteroatoms. The Kier molecular flexibility index (Phi) is 4.69. The highest BCUT2D eigenvalue weighted by Crippen LogP contribution is 2.29. The summed E-state index contributed by atoms with van der Waals surface area (Å²) in [5.74, 6) is -0.679. The first kappa shape index (κ1) is 15.6. The van der Waals surface area contributed by atoms with Crippen LogP contribution in [0.3, 0.4) is 0 Å². The summed E-state index contributed by atoms with van der Waals surface area (Å²) in [7, 11) is 0. The van der Waals surface area contributed by atoms with Crippen molar-refractivity contribution < 1.29 is 14.5 Å². The van der Waals surface area contributed by atoms with Gasteiger partial charge in [-0.2, -0.15) is 0 Å². The molecule has 2 rings (SSSR count). The fourth-order valence-corrected chi connectivity index (χ4v) is 2.91. The number of halogens is 1. The molecule has 1 unspecified atom stereocenters. The van der Waals surface area contributed by atoms with Gasteiger partial charge in [-0.1, -0.05) is 19.1 Å². The number of rotatable bonds is 4. The van der Waals surface area contributed by atoms with Gasteiger partial charge in [0.2, 0.25) is 11.8 Å². The van der Waals surface area contributed by atoms with Crippen LogP contribution in [0.25, 0.3) is 0 Å². The first-order valence-electron chi connectivity index (χ1n) is 6.43. The topological polar surface area (TPSA) is 92.6 Å². The van der Waals surface area contributed by atoms with Crippen molar-refractivity contribution in [1.82, 2.24) is 10.2 Å². The molecule has 0 bridgehead atoms. The van der Waals surface area contributed by atoms with Crippen molar-refractivity contribution in [1.29, 1.82) is 0 Å². The van der Waals surface area contributed by atoms with Crippen molar-refractivity contribution in [2.24, 2.45) is 0 Å². The van der Waals surface area contributed by atoms with E-state index in [-0.39, 0.29) is 24.0 Å². The van der Waals surface area contributed by atoms with Crippen molar-refractivity contribution in [3.63, 3.8) is 0 Å². The molecule has 21 heavy (non-hydrogen) atoms. The van der Waals surface area contributed by atoms with Crippen LogP contribution >= 0.6 is 15.9 Å². The van der Waals surface area contributed by atoms with E-state index in [4.69, 9.17) is 0 Å². The van der Waals surface area contributed by atoms with Crippen molar-refractivity contribution in [2.75, 3.05) is 6.54 Å². The number of nitro benzene ring substituents is 1. The smallest absolute Gasteiger partial charge is 0.283 e. The van der Waals surface area contributed by atoms with E-state index in [1.807, 2.05) is 6.92 Å². The van der Waals surface area contributed by atoms with Crippen molar-refractivity contribution in [2.45, 2.75) is 25.9 Å². The van der Waals surface area contributed by atoms with Crippen LogP contribution < -0.4 is 5.32 Å². The number of carbonyl (C=O) groups is 2. The summed E-state index contributed by atoms with van der Waals surface area (Å²) < 4.78 is 0.378. The van der Waals surface area contributed by atoms with E-state index in [9.17, 15) is 19.7 Å². The zero-order valence-electron chi connectivity index (χ0n) is 11.3. The van der Waals surface area contributed by atoms with Crippen LogP contribution in [0.1, 0.15) is 18.9 Å². The van der Waals surface area contributed by atoms with E-state index in [0.29, 0.717) is 23.0 Å². The standard InChI is InChI=1S/C13H14BrN3O4/c1-2-9-13(19)15-11(18)7-16(9)6-8-4-3-5-10(12(8)14)17(20)21/h3-5,9H,2,6-7H2,1H3,(H,15,18,19). The molecule has 1 aliphatic rings. The fraction of sp³-hybridized carbons (Fsp3) is 0.385. The number of hydrogen-bond donors (Lipinski definition) is 1. The molecule has 1 aliphatic heterocycles. The second-order valence-electron chi connectivity index (χ2n) is 4.75. The Morgan fingerprint density at radius 1 is 1.48 bits per heavy atom. The van der Waals surface area contributed by atoms with Gasteiger partial charge in [-0.05, 0) is 27.9 Å². The molecule has 0 radical (unpaired) electrons. The Morgan fingerprint density at radius 2 is 2.19 bits per heavy atom. The summed E-state index contributed by atoms with van der Waals surface area (Å²) in [6.07, 6.45) is 0.561. The zero-order valence-corrected chi connectivity index (χ0v) is 12.9. The summed E-state index contributed by atoms with van der Waals surface area (Å²) in [6.45, 7) is 2.24. The van der Waals surface area contributed by atoms with E-state index < -0.39 is 11.0 Å². The van der Waals surface area contributed by atoms with Gasteiger partial charge in [0.25, 0.3) is 5.69 Å². The molecule has 0 spiro atoms. The number of nitro groups is 1. The van der Waals surface area contributed by atoms with Gasteiger partial charge in [0.05, 0.1) is 22.0 Å². The molecular weight excluding hydrogens is 342 g/mol. The normalized spacial score (nSPS) is 19.4. The molecule has 7 nitrogen and oxygen atoms in total. The molecule has 1 saturated heterocycles. The van der Waals surface area contributed by atoms with Crippen LogP contribution in [0.4, 0.5) is 5.69 Å². The van der Waals surface area contributed by atoms with E-state index in [1.165, 1.54) is 6.07 Å². The van der Waals surface area contributed by atoms with Crippen LogP contribution in [0.2, 0.25) is 0 Å². The van der Waals surface area contributed by atoms with Gasteiger partial charge < -0.3 is 0 Å². The molecule has 2 amide bonds. The van der Waals surface area contributed by atoms with E-state index >= 15 is 0 Å². The summed E-state index contributed by atoms with van der Waals surface area (Å²) >= 11 is 3.23. The maximum absolute atomic E-state index is 11.8. The lowest BCUT2D eigenvalue weighted by molar-refractivity contribution is -0.385. The average Bonchev–Trinajstić information content (AvgIpc) is 2.40. The predicted octanol–water partition coefficient (Wildman–Crippen LogP) is 1.59. The summed E-state index contributed by atoms with van der Waals surface area (Å²) in [5, 5.41) is 13.2. The third-order valence-corrected chi connectivity index (χ3v) is 4.28. The van der Waals surface area contributed by atoms with E-state index in [1.54, 1.807) is 17.0 Å². The molecule has 1 aromatic carbocycles. The van der Waals surface area contributed by atoms with E-state index in [0.717, 1.165) is 0 Å². The van der Waals surface area contributed by atoms with Crippen molar-refractivity contribution in [3.8, 4) is 0 Å². The minimum absolute atomic E-state index is 0.0339. The zero-order chi connectivity index (χ0) is 15.6. The molecule has 0 saturated carbocycles. The van der Waals surface area contributed by atoms with Gasteiger partial charge >= 0.3 is 0 Å². The van der Waals surface area contributed by atoms with Crippen LogP contribution in [0.15, 0.2) is 22.7 Å². The predicted molar refractivity (Wildman–Crippen MR) is 78.4 cm³/mol. The lowest BCUT2D eigenvalue weighted by atomic mass is 10.1. The van der Waals surface area contributed by atoms with Gasteiger partial charge in [0.15, 0.2) is 0 Å². The van der Waals surface area contributed by atoms with Gasteiger partial charge in [0, 0.05) is 12.6 Å². The Labute approximate surface area is 129 Å². The fourth-order valence-electron chi connectivity index (χ4n) is 2.38. The lowest BCUT2D eigenvalue weighted by Gasteiger charge is -2.33. The van der Waals surface area contributed by atoms with Crippen LogP contribution in [0.5, 0.6) is 0 Å². The quantitative estimate of drug-likeness (QED) is 0.503. The number of benzene rings is 1. The Morgan fingerprint density at radius 3 is 2.81 bits per heavy atom. The Hall–Kier alpha value is -1.80. The van der Waals surface area contributed by atoms with Crippen LogP contribution in [0, 0.1) is 10.1 Å². The second-order valence-corrected chi connectivity index (χ2v) is 5.54. The molecule has 1 aromatic rings. The maximum Gasteiger partial charge on any atom is 0.283 e. The largest absolute Gasteiger partial charge is 0.294 e. The molecule has 1 atom stereocenters. The van der Waals surface area contributed by atoms with Gasteiger partial charge in [-0.3, -0.25) is 29.9 Å². The maximum atomic E-state index is 11.8. The third-order valence-electron chi connectivity index (χ3n) is 3.37. The van der Waals surface area contributed by atoms with Gasteiger partial charge in [-0.15, -0.1) is 0 Å². The van der Waals surface area contributed by atoms with Crippen molar-refractivity contribution in [3.05, 3.63) is 38.3 Å². The second kappa shape index (κ2) is 6.31. The highest BCUT2D eigenvalue weighted by atomic mass is 79.9. The lowest BCUT2D eigenvalue weighted by Crippen LogP contribution is -2.57. The van der Waals surface area contributed by atoms with E-state index in [2.05, 4.69) is 21.2 Å². The molecular formula is C13H14BrN3O4. The highest BCUT2D eigenvalue weighted by molar-refractivity contribution is 9.10. The molecule has 1 N–H and O–H groups in total. The monoisotopic (exact) mass is 355 g/mol. The van der Waals surface area contributed by atoms with Crippen molar-refractivity contribution >= 4 is 33.4 Å². The number of nitrogens with one attached hydrogen (secondary N) is 1. The van der Waals surface area contributed by atoms with Gasteiger partial charge in [-0.25, -0.2) is 0 Å². The Bertz CT molecular complexity index is 605. The third kappa shape index (κ3) is 3.27. The Balaban J connectivity index is 2.28. The molecule has 1 fully saturated rings. The molecule has 112 valence electrons. The number of piperazine rings is 1. The summed E-state index contributed by atoms with van der Waals surface area (Å²) in [4.78, 5) is 35.5. The number of carbonyl (C=O) groups excluding carboxylic acids is 2. The number of amides is 2. The van der Waals surface area contributed by atoms with Crippen LogP contribution in [-0.4, -0.2) is 34.2 Å². The molecule has 0 aromatic heterocycles. The number of hydrogen-bond acceptors (Lipinski definition) is 5. The average molecular weight is 356 g/mol. The minimum Gasteiger partial charge on any atom is -0.294 e. The van der Waals surface area contributed by atoms with Crippen LogP contribution in [-0.2, 0) is 16.1 Å². The molecule has 0 aliphatic carbocycles. The minimum atomic E-state index is -0.473. The first-order chi connectivity index (χ1) is 9.93. The SMILES string of the molecule is CCC1C(=O)NC(=O)CN1Cc1cccc([N+](=O)[O-])c1Br.